The van der Waals surface area contributed by atoms with Crippen LogP contribution < -0.4 is 15.8 Å². The van der Waals surface area contributed by atoms with Crippen LogP contribution in [0.1, 0.15) is 24.6 Å². The van der Waals surface area contributed by atoms with Crippen LogP contribution in [-0.4, -0.2) is 26.5 Å². The molecule has 0 spiro atoms. The average Bonchev–Trinajstić information content (AvgIpc) is 2.44. The summed E-state index contributed by atoms with van der Waals surface area (Å²) in [4.78, 5) is 16.4. The van der Waals surface area contributed by atoms with Crippen molar-refractivity contribution in [3.05, 3.63) is 29.6 Å². The van der Waals surface area contributed by atoms with Gasteiger partial charge < -0.3 is 15.8 Å². The van der Waals surface area contributed by atoms with Crippen LogP contribution in [0, 0.1) is 6.92 Å². The highest BCUT2D eigenvalue weighted by molar-refractivity contribution is 5.33. The van der Waals surface area contributed by atoms with E-state index in [2.05, 4.69) is 25.3 Å². The second-order valence-electron chi connectivity index (χ2n) is 4.27. The number of aryl methyl sites for hydroxylation is 1. The number of nitrogens with two attached hydrogens (primary N) is 1. The molecule has 20 heavy (non-hydrogen) atoms. The van der Waals surface area contributed by atoms with Crippen molar-refractivity contribution >= 4 is 11.9 Å². The third kappa shape index (κ3) is 3.78. The fourth-order valence-electron chi connectivity index (χ4n) is 1.58. The Hall–Kier alpha value is -2.44. The van der Waals surface area contributed by atoms with E-state index in [0.29, 0.717) is 19.1 Å². The lowest BCUT2D eigenvalue weighted by molar-refractivity contribution is 0.292. The number of aromatic nitrogens is 4. The minimum absolute atomic E-state index is 0.131. The zero-order chi connectivity index (χ0) is 14.4. The van der Waals surface area contributed by atoms with E-state index in [-0.39, 0.29) is 12.0 Å². The van der Waals surface area contributed by atoms with Crippen LogP contribution in [0.4, 0.5) is 11.9 Å². The first-order chi connectivity index (χ1) is 9.69. The van der Waals surface area contributed by atoms with Gasteiger partial charge in [-0.1, -0.05) is 13.0 Å². The van der Waals surface area contributed by atoms with Crippen molar-refractivity contribution in [2.24, 2.45) is 0 Å². The molecular formula is C13H18N6O. The van der Waals surface area contributed by atoms with Gasteiger partial charge in [-0.05, 0) is 25.0 Å². The van der Waals surface area contributed by atoms with Crippen molar-refractivity contribution in [3.8, 4) is 6.01 Å². The first-order valence-electron chi connectivity index (χ1n) is 6.47. The van der Waals surface area contributed by atoms with E-state index in [1.165, 1.54) is 0 Å². The van der Waals surface area contributed by atoms with Crippen molar-refractivity contribution < 1.29 is 4.74 Å². The van der Waals surface area contributed by atoms with Crippen LogP contribution >= 0.6 is 0 Å². The Morgan fingerprint density at radius 3 is 2.90 bits per heavy atom. The number of nitrogens with zero attached hydrogens (tertiary/aromatic N) is 4. The van der Waals surface area contributed by atoms with E-state index in [9.17, 15) is 0 Å². The molecule has 0 aliphatic rings. The van der Waals surface area contributed by atoms with Gasteiger partial charge in [0.1, 0.15) is 0 Å². The summed E-state index contributed by atoms with van der Waals surface area (Å²) in [5.41, 5.74) is 7.67. The van der Waals surface area contributed by atoms with Gasteiger partial charge >= 0.3 is 6.01 Å². The molecule has 7 heteroatoms. The normalized spacial score (nSPS) is 10.3. The summed E-state index contributed by atoms with van der Waals surface area (Å²) in [5.74, 6) is 0.514. The van der Waals surface area contributed by atoms with Crippen molar-refractivity contribution in [1.29, 1.82) is 0 Å². The van der Waals surface area contributed by atoms with Gasteiger partial charge in [0.2, 0.25) is 11.9 Å². The number of rotatable bonds is 6. The highest BCUT2D eigenvalue weighted by Gasteiger charge is 2.06. The molecule has 7 nitrogen and oxygen atoms in total. The summed E-state index contributed by atoms with van der Waals surface area (Å²) in [6, 6.07) is 4.14. The van der Waals surface area contributed by atoms with Crippen LogP contribution in [-0.2, 0) is 6.54 Å². The summed E-state index contributed by atoms with van der Waals surface area (Å²) in [6.07, 6.45) is 2.63. The maximum atomic E-state index is 5.63. The topological polar surface area (TPSA) is 98.8 Å². The summed E-state index contributed by atoms with van der Waals surface area (Å²) in [5, 5.41) is 3.07. The van der Waals surface area contributed by atoms with Crippen LogP contribution in [0.3, 0.4) is 0 Å². The lowest BCUT2D eigenvalue weighted by atomic mass is 10.2. The van der Waals surface area contributed by atoms with E-state index in [1.54, 1.807) is 6.20 Å². The maximum absolute atomic E-state index is 5.63. The van der Waals surface area contributed by atoms with Crippen molar-refractivity contribution in [1.82, 2.24) is 19.9 Å². The molecule has 0 bridgehead atoms. The zero-order valence-electron chi connectivity index (χ0n) is 11.6. The molecule has 106 valence electrons. The Morgan fingerprint density at radius 2 is 2.15 bits per heavy atom. The van der Waals surface area contributed by atoms with E-state index in [0.717, 1.165) is 17.7 Å². The standard InChI is InChI=1S/C13H18N6O/c1-3-7-20-13-18-11(14)17-12(19-13)16-8-10-9(2)5-4-6-15-10/h4-6H,3,7-8H2,1-2H3,(H3,14,16,17,18,19). The van der Waals surface area contributed by atoms with E-state index in [4.69, 9.17) is 10.5 Å². The smallest absolute Gasteiger partial charge is 0.323 e. The fourth-order valence-corrected chi connectivity index (χ4v) is 1.58. The Morgan fingerprint density at radius 1 is 1.30 bits per heavy atom. The molecule has 2 aromatic rings. The van der Waals surface area contributed by atoms with Crippen molar-refractivity contribution in [3.63, 3.8) is 0 Å². The largest absolute Gasteiger partial charge is 0.463 e. The van der Waals surface area contributed by atoms with E-state index in [1.807, 2.05) is 26.0 Å². The van der Waals surface area contributed by atoms with Crippen LogP contribution in [0.2, 0.25) is 0 Å². The van der Waals surface area contributed by atoms with Crippen LogP contribution in [0.15, 0.2) is 18.3 Å². The SMILES string of the molecule is CCCOc1nc(N)nc(NCc2ncccc2C)n1. The molecule has 0 unspecified atom stereocenters. The van der Waals surface area contributed by atoms with Gasteiger partial charge in [-0.3, -0.25) is 4.98 Å². The number of hydrogen-bond acceptors (Lipinski definition) is 7. The summed E-state index contributed by atoms with van der Waals surface area (Å²) in [7, 11) is 0. The fraction of sp³-hybridized carbons (Fsp3) is 0.385. The second kappa shape index (κ2) is 6.65. The molecule has 3 N–H and O–H groups in total. The number of pyridine rings is 1. The Balaban J connectivity index is 2.05. The van der Waals surface area contributed by atoms with Crippen molar-refractivity contribution in [2.45, 2.75) is 26.8 Å². The lowest BCUT2D eigenvalue weighted by Crippen LogP contribution is -2.10. The van der Waals surface area contributed by atoms with Crippen molar-refractivity contribution in [2.75, 3.05) is 17.7 Å². The van der Waals surface area contributed by atoms with Gasteiger partial charge in [-0.15, -0.1) is 0 Å². The minimum Gasteiger partial charge on any atom is -0.463 e. The predicted molar refractivity (Wildman–Crippen MR) is 76.3 cm³/mol. The third-order valence-corrected chi connectivity index (χ3v) is 2.60. The number of nitrogen functional groups attached to an aromatic ring is 1. The first kappa shape index (κ1) is 14.0. The molecule has 0 atom stereocenters. The third-order valence-electron chi connectivity index (χ3n) is 2.60. The molecular weight excluding hydrogens is 256 g/mol. The Labute approximate surface area is 117 Å². The van der Waals surface area contributed by atoms with Gasteiger partial charge in [-0.25, -0.2) is 0 Å². The van der Waals surface area contributed by atoms with Gasteiger partial charge in [0.15, 0.2) is 0 Å². The van der Waals surface area contributed by atoms with Gasteiger partial charge in [0.05, 0.1) is 18.8 Å². The van der Waals surface area contributed by atoms with Crippen LogP contribution in [0.5, 0.6) is 6.01 Å². The number of anilines is 2. The predicted octanol–water partition coefficient (Wildman–Crippen LogP) is 1.56. The first-order valence-corrected chi connectivity index (χ1v) is 6.47. The highest BCUT2D eigenvalue weighted by Crippen LogP contribution is 2.11. The molecule has 2 rings (SSSR count). The molecule has 2 heterocycles. The summed E-state index contributed by atoms with van der Waals surface area (Å²) >= 11 is 0. The Bertz CT molecular complexity index is 575. The Kier molecular flexibility index (Phi) is 4.65. The lowest BCUT2D eigenvalue weighted by Gasteiger charge is -2.08. The number of hydrogen-bond donors (Lipinski definition) is 2. The molecule has 0 fully saturated rings. The second-order valence-corrected chi connectivity index (χ2v) is 4.27. The molecule has 0 aromatic carbocycles. The average molecular weight is 274 g/mol. The minimum atomic E-state index is 0.131. The highest BCUT2D eigenvalue weighted by atomic mass is 16.5. The summed E-state index contributed by atoms with van der Waals surface area (Å²) < 4.78 is 5.35. The molecule has 0 saturated heterocycles. The van der Waals surface area contributed by atoms with E-state index < -0.39 is 0 Å². The summed E-state index contributed by atoms with van der Waals surface area (Å²) in [6.45, 7) is 5.07. The number of nitrogens with one attached hydrogen (secondary N) is 1. The molecule has 0 amide bonds. The van der Waals surface area contributed by atoms with Gasteiger partial charge in [0, 0.05) is 6.20 Å². The maximum Gasteiger partial charge on any atom is 0.323 e. The molecule has 0 saturated carbocycles. The number of ether oxygens (including phenoxy) is 1. The van der Waals surface area contributed by atoms with Crippen LogP contribution in [0.25, 0.3) is 0 Å². The molecule has 0 aliphatic carbocycles. The molecule has 0 aliphatic heterocycles. The quantitative estimate of drug-likeness (QED) is 0.824. The molecule has 2 aromatic heterocycles. The van der Waals surface area contributed by atoms with Gasteiger partial charge in [-0.2, -0.15) is 15.0 Å². The van der Waals surface area contributed by atoms with E-state index >= 15 is 0 Å². The monoisotopic (exact) mass is 274 g/mol. The molecule has 0 radical (unpaired) electrons. The van der Waals surface area contributed by atoms with Gasteiger partial charge in [0.25, 0.3) is 0 Å². The zero-order valence-corrected chi connectivity index (χ0v) is 11.6.